The van der Waals surface area contributed by atoms with Gasteiger partial charge in [-0.1, -0.05) is 108 Å². The van der Waals surface area contributed by atoms with E-state index in [1.807, 2.05) is 75.0 Å². The van der Waals surface area contributed by atoms with Crippen LogP contribution in [0.15, 0.2) is 89.2 Å². The number of benzene rings is 2. The molecule has 4 rings (SSSR count). The van der Waals surface area contributed by atoms with Gasteiger partial charge < -0.3 is 15.2 Å². The van der Waals surface area contributed by atoms with Crippen molar-refractivity contribution in [2.75, 3.05) is 51.8 Å². The number of aryl methyl sites for hydroxylation is 1. The molecule has 2 N–H and O–H groups in total. The number of hydrogen-bond acceptors (Lipinski definition) is 8. The highest BCUT2D eigenvalue weighted by Gasteiger charge is 2.24. The molecular formula is C45H72N2O6S3. The average molecular weight is 833 g/mol. The molecule has 0 radical (unpaired) electrons. The van der Waals surface area contributed by atoms with Crippen LogP contribution in [0.2, 0.25) is 0 Å². The van der Waals surface area contributed by atoms with Gasteiger partial charge in [0, 0.05) is 37.5 Å². The lowest BCUT2D eigenvalue weighted by molar-refractivity contribution is -0.139. The molecule has 1 saturated heterocycles. The van der Waals surface area contributed by atoms with Crippen LogP contribution in [-0.4, -0.2) is 88.2 Å². The van der Waals surface area contributed by atoms with Crippen molar-refractivity contribution in [1.82, 2.24) is 10.2 Å². The van der Waals surface area contributed by atoms with Crippen molar-refractivity contribution in [3.63, 3.8) is 0 Å². The van der Waals surface area contributed by atoms with Crippen LogP contribution in [0.25, 0.3) is 11.1 Å². The number of nitrogens with zero attached hydrogens (tertiary/aromatic N) is 1. The van der Waals surface area contributed by atoms with Gasteiger partial charge >= 0.3 is 5.97 Å². The Hall–Kier alpha value is -3.09. The van der Waals surface area contributed by atoms with Gasteiger partial charge in [0.2, 0.25) is 0 Å². The van der Waals surface area contributed by atoms with Crippen LogP contribution in [0.4, 0.5) is 0 Å². The molecule has 0 bridgehead atoms. The zero-order valence-corrected chi connectivity index (χ0v) is 38.8. The standard InChI is InChI=1S/C24H30N2O5S.C8H12S.C6H10S.C3H8.C2H6O.C2H6/c1-17-7-3-4-8-19(17)21-15-18(16-26-12-5-6-13-26)9-10-20(21)23(27)25-22(24(28)29)11-14-32(2,30)31;1-7-3-5-8(9-2)6-4-7;1-4-5-6(2)7-3;2*1-3-2;1-2/h3-4,7-10,15,22H,5-6,11-14,16H2,1-2H3,(H,25,27)(H,28,29);3,5-7H,4H2,1-2H3;4-5H,1H2,2-3H3;3H2,1-2H3;1-2H3;1-2H3/b;;6-5+;;;. The van der Waals surface area contributed by atoms with E-state index >= 15 is 0 Å². The van der Waals surface area contributed by atoms with Crippen LogP contribution < -0.4 is 5.32 Å². The average Bonchev–Trinajstić information content (AvgIpc) is 3.68. The Morgan fingerprint density at radius 2 is 1.66 bits per heavy atom. The fourth-order valence-corrected chi connectivity index (χ4v) is 6.48. The van der Waals surface area contributed by atoms with Gasteiger partial charge in [-0.05, 0) is 110 Å². The third-order valence-electron chi connectivity index (χ3n) is 7.94. The summed E-state index contributed by atoms with van der Waals surface area (Å²) in [5.41, 5.74) is 4.11. The molecule has 0 saturated carbocycles. The van der Waals surface area contributed by atoms with E-state index in [4.69, 9.17) is 0 Å². The van der Waals surface area contributed by atoms with Crippen molar-refractivity contribution in [1.29, 1.82) is 0 Å². The van der Waals surface area contributed by atoms with E-state index in [1.54, 1.807) is 38.1 Å². The Kier molecular flexibility index (Phi) is 32.4. The number of ether oxygens (including phenoxy) is 1. The number of likely N-dealkylation sites (tertiary alicyclic amines) is 1. The Labute approximate surface area is 349 Å². The van der Waals surface area contributed by atoms with Gasteiger partial charge in [-0.3, -0.25) is 9.69 Å². The summed E-state index contributed by atoms with van der Waals surface area (Å²) in [6, 6.07) is 12.1. The Balaban J connectivity index is 0. The molecule has 316 valence electrons. The number of allylic oxidation sites excluding steroid dienone is 6. The summed E-state index contributed by atoms with van der Waals surface area (Å²) in [4.78, 5) is 29.8. The lowest BCUT2D eigenvalue weighted by atomic mass is 9.93. The first-order valence-electron chi connectivity index (χ1n) is 19.4. The second-order valence-electron chi connectivity index (χ2n) is 13.2. The van der Waals surface area contributed by atoms with Crippen molar-refractivity contribution in [2.24, 2.45) is 5.92 Å². The molecule has 1 heterocycles. The van der Waals surface area contributed by atoms with Crippen molar-refractivity contribution in [3.8, 4) is 11.1 Å². The van der Waals surface area contributed by atoms with Gasteiger partial charge in [-0.2, -0.15) is 0 Å². The Morgan fingerprint density at radius 3 is 2.11 bits per heavy atom. The number of nitrogens with one attached hydrogen (secondary N) is 1. The van der Waals surface area contributed by atoms with Gasteiger partial charge in [-0.15, -0.1) is 23.5 Å². The first-order chi connectivity index (χ1) is 26.6. The molecule has 2 aromatic carbocycles. The largest absolute Gasteiger partial charge is 0.480 e. The summed E-state index contributed by atoms with van der Waals surface area (Å²) in [6.07, 6.45) is 20.4. The molecule has 1 fully saturated rings. The van der Waals surface area contributed by atoms with Crippen LogP contribution >= 0.6 is 23.5 Å². The number of carboxylic acids is 1. The molecule has 56 heavy (non-hydrogen) atoms. The van der Waals surface area contributed by atoms with E-state index in [1.165, 1.54) is 35.5 Å². The lowest BCUT2D eigenvalue weighted by Gasteiger charge is -2.19. The third-order valence-corrected chi connectivity index (χ3v) is 10.5. The highest BCUT2D eigenvalue weighted by molar-refractivity contribution is 8.02. The Morgan fingerprint density at radius 1 is 1.07 bits per heavy atom. The zero-order valence-electron chi connectivity index (χ0n) is 36.3. The maximum atomic E-state index is 13.1. The van der Waals surface area contributed by atoms with Crippen molar-refractivity contribution < 1.29 is 27.9 Å². The molecule has 2 unspecified atom stereocenters. The normalized spacial score (nSPS) is 15.2. The molecule has 2 aromatic rings. The van der Waals surface area contributed by atoms with Gasteiger partial charge in [-0.25, -0.2) is 13.2 Å². The second-order valence-corrected chi connectivity index (χ2v) is 17.4. The zero-order chi connectivity index (χ0) is 43.1. The Bertz CT molecular complexity index is 1610. The van der Waals surface area contributed by atoms with Crippen LogP contribution in [0.1, 0.15) is 95.1 Å². The number of rotatable bonds is 12. The predicted octanol–water partition coefficient (Wildman–Crippen LogP) is 10.8. The summed E-state index contributed by atoms with van der Waals surface area (Å²) in [5.74, 6) is -1.35. The quantitative estimate of drug-likeness (QED) is 0.202. The molecule has 2 aliphatic rings. The summed E-state index contributed by atoms with van der Waals surface area (Å²) in [5, 5.41) is 12.0. The number of carbonyl (C=O) groups is 2. The molecule has 8 nitrogen and oxygen atoms in total. The third kappa shape index (κ3) is 25.2. The lowest BCUT2D eigenvalue weighted by Crippen LogP contribution is -2.42. The van der Waals surface area contributed by atoms with Gasteiger partial charge in [0.15, 0.2) is 0 Å². The molecule has 1 amide bonds. The summed E-state index contributed by atoms with van der Waals surface area (Å²) >= 11 is 3.56. The topological polar surface area (TPSA) is 113 Å². The maximum Gasteiger partial charge on any atom is 0.326 e. The van der Waals surface area contributed by atoms with Gasteiger partial charge in [0.25, 0.3) is 5.91 Å². The molecule has 1 aliphatic heterocycles. The van der Waals surface area contributed by atoms with Crippen LogP contribution in [0, 0.1) is 12.8 Å². The molecular weight excluding hydrogens is 761 g/mol. The predicted molar refractivity (Wildman–Crippen MR) is 247 cm³/mol. The number of amides is 1. The van der Waals surface area contributed by atoms with Gasteiger partial charge in [0.1, 0.15) is 15.9 Å². The minimum atomic E-state index is -3.35. The minimum Gasteiger partial charge on any atom is -0.480 e. The van der Waals surface area contributed by atoms with E-state index in [9.17, 15) is 23.1 Å². The maximum absolute atomic E-state index is 13.1. The molecule has 11 heteroatoms. The fourth-order valence-electron chi connectivity index (χ4n) is 5.10. The highest BCUT2D eigenvalue weighted by atomic mass is 32.2. The van der Waals surface area contributed by atoms with E-state index in [0.29, 0.717) is 5.56 Å². The number of aliphatic carboxylic acids is 1. The van der Waals surface area contributed by atoms with Crippen molar-refractivity contribution >= 4 is 45.2 Å². The SMILES string of the molecule is C=C/C=C(\C)SC.CC.CCC.COC.CSC1=CCC(C)C=C1.Cc1ccccc1-c1cc(CN2CCCC2)ccc1C(=O)NC(CCS(C)(=O)=O)C(=O)O. The number of sulfone groups is 1. The monoisotopic (exact) mass is 832 g/mol. The minimum absolute atomic E-state index is 0.188. The smallest absolute Gasteiger partial charge is 0.326 e. The fraction of sp³-hybridized carbons (Fsp3) is 0.511. The number of thioether (sulfide) groups is 2. The number of hydrogen-bond donors (Lipinski definition) is 2. The van der Waals surface area contributed by atoms with E-state index in [2.05, 4.69) is 80.0 Å². The van der Waals surface area contributed by atoms with Crippen LogP contribution in [0.5, 0.6) is 0 Å². The van der Waals surface area contributed by atoms with Gasteiger partial charge in [0.05, 0.1) is 5.75 Å². The highest BCUT2D eigenvalue weighted by Crippen LogP contribution is 2.29. The van der Waals surface area contributed by atoms with Crippen molar-refractivity contribution in [3.05, 3.63) is 106 Å². The molecule has 0 spiro atoms. The first-order valence-corrected chi connectivity index (χ1v) is 23.9. The summed E-state index contributed by atoms with van der Waals surface area (Å²) in [6.45, 7) is 21.0. The summed E-state index contributed by atoms with van der Waals surface area (Å²) in [7, 11) is -0.0964. The van der Waals surface area contributed by atoms with Crippen molar-refractivity contribution in [2.45, 2.75) is 93.2 Å². The summed E-state index contributed by atoms with van der Waals surface area (Å²) < 4.78 is 27.2. The number of carboxylic acid groups (broad SMARTS) is 1. The van der Waals surface area contributed by atoms with E-state index in [0.717, 1.165) is 54.1 Å². The van der Waals surface area contributed by atoms with E-state index in [-0.39, 0.29) is 12.2 Å². The van der Waals surface area contributed by atoms with E-state index < -0.39 is 27.8 Å². The molecule has 2 atom stereocenters. The molecule has 1 aliphatic carbocycles. The van der Waals surface area contributed by atoms with Crippen LogP contribution in [-0.2, 0) is 25.9 Å². The number of carbonyl (C=O) groups excluding carboxylic acids is 1. The van der Waals surface area contributed by atoms with Crippen LogP contribution in [0.3, 0.4) is 0 Å². The molecule has 0 aromatic heterocycles. The number of methoxy groups -OCH3 is 1. The first kappa shape index (κ1) is 55.0. The second kappa shape index (κ2) is 32.9.